The Kier molecular flexibility index (Phi) is 4.35. The predicted octanol–water partition coefficient (Wildman–Crippen LogP) is 0.941. The van der Waals surface area contributed by atoms with Crippen LogP contribution < -0.4 is 10.0 Å². The molecule has 1 aromatic heterocycles. The van der Waals surface area contributed by atoms with Crippen LogP contribution in [0, 0.1) is 6.92 Å². The van der Waals surface area contributed by atoms with E-state index in [4.69, 9.17) is 4.52 Å². The van der Waals surface area contributed by atoms with Gasteiger partial charge < -0.3 is 9.84 Å². The zero-order valence-electron chi connectivity index (χ0n) is 11.3. The summed E-state index contributed by atoms with van der Waals surface area (Å²) in [6.45, 7) is 2.39. The van der Waals surface area contributed by atoms with Crippen LogP contribution in [0.5, 0.6) is 0 Å². The van der Waals surface area contributed by atoms with Gasteiger partial charge >= 0.3 is 0 Å². The number of aryl methyl sites for hydroxylation is 1. The van der Waals surface area contributed by atoms with Gasteiger partial charge in [0, 0.05) is 18.7 Å². The SMILES string of the molecule is CNS(=O)(=O)c1ccc(NCCc2nc(C)no2)cc1. The number of hydrogen-bond donors (Lipinski definition) is 2. The summed E-state index contributed by atoms with van der Waals surface area (Å²) in [7, 11) is -2.00. The topological polar surface area (TPSA) is 97.1 Å². The molecule has 0 saturated carbocycles. The van der Waals surface area contributed by atoms with E-state index in [1.54, 1.807) is 31.2 Å². The first-order valence-electron chi connectivity index (χ1n) is 6.08. The molecule has 1 heterocycles. The van der Waals surface area contributed by atoms with E-state index in [0.717, 1.165) is 5.69 Å². The monoisotopic (exact) mass is 296 g/mol. The third kappa shape index (κ3) is 3.55. The molecule has 0 spiro atoms. The zero-order chi connectivity index (χ0) is 14.6. The quantitative estimate of drug-likeness (QED) is 0.823. The summed E-state index contributed by atoms with van der Waals surface area (Å²) in [5.41, 5.74) is 0.830. The lowest BCUT2D eigenvalue weighted by Gasteiger charge is -2.06. The molecule has 0 aliphatic heterocycles. The Bertz CT molecular complexity index is 664. The van der Waals surface area contributed by atoms with Gasteiger partial charge in [-0.1, -0.05) is 5.16 Å². The molecular weight excluding hydrogens is 280 g/mol. The van der Waals surface area contributed by atoms with Gasteiger partial charge in [-0.25, -0.2) is 13.1 Å². The molecule has 0 radical (unpaired) electrons. The maximum absolute atomic E-state index is 11.6. The highest BCUT2D eigenvalue weighted by molar-refractivity contribution is 7.89. The van der Waals surface area contributed by atoms with Crippen LogP contribution in [0.4, 0.5) is 5.69 Å². The van der Waals surface area contributed by atoms with Crippen molar-refractivity contribution in [2.45, 2.75) is 18.2 Å². The third-order valence-corrected chi connectivity index (χ3v) is 4.10. The van der Waals surface area contributed by atoms with E-state index >= 15 is 0 Å². The largest absolute Gasteiger partial charge is 0.385 e. The second-order valence-electron chi connectivity index (χ2n) is 4.14. The summed E-state index contributed by atoms with van der Waals surface area (Å²) < 4.78 is 30.4. The first-order valence-corrected chi connectivity index (χ1v) is 7.56. The van der Waals surface area contributed by atoms with Gasteiger partial charge in [-0.3, -0.25) is 0 Å². The molecule has 108 valence electrons. The average molecular weight is 296 g/mol. The standard InChI is InChI=1S/C12H16N4O3S/c1-9-15-12(19-16-9)7-8-14-10-3-5-11(6-4-10)20(17,18)13-2/h3-6,13-14H,7-8H2,1-2H3. The molecule has 7 nitrogen and oxygen atoms in total. The number of hydrogen-bond acceptors (Lipinski definition) is 6. The van der Waals surface area contributed by atoms with Crippen LogP contribution in [0.1, 0.15) is 11.7 Å². The molecule has 0 saturated heterocycles. The fourth-order valence-electron chi connectivity index (χ4n) is 1.63. The highest BCUT2D eigenvalue weighted by Crippen LogP contribution is 2.13. The molecule has 2 N–H and O–H groups in total. The summed E-state index contributed by atoms with van der Waals surface area (Å²) in [4.78, 5) is 4.33. The van der Waals surface area contributed by atoms with Gasteiger partial charge in [-0.15, -0.1) is 0 Å². The maximum atomic E-state index is 11.6. The second kappa shape index (κ2) is 6.02. The molecule has 20 heavy (non-hydrogen) atoms. The van der Waals surface area contributed by atoms with Crippen molar-refractivity contribution < 1.29 is 12.9 Å². The molecule has 0 amide bonds. The number of nitrogens with one attached hydrogen (secondary N) is 2. The van der Waals surface area contributed by atoms with Crippen molar-refractivity contribution in [3.05, 3.63) is 36.0 Å². The predicted molar refractivity (Wildman–Crippen MR) is 73.9 cm³/mol. The van der Waals surface area contributed by atoms with Crippen LogP contribution in [0.3, 0.4) is 0 Å². The highest BCUT2D eigenvalue weighted by atomic mass is 32.2. The van der Waals surface area contributed by atoms with Gasteiger partial charge in [0.15, 0.2) is 5.82 Å². The van der Waals surface area contributed by atoms with E-state index in [9.17, 15) is 8.42 Å². The molecule has 2 aromatic rings. The van der Waals surface area contributed by atoms with E-state index in [0.29, 0.717) is 24.7 Å². The summed E-state index contributed by atoms with van der Waals surface area (Å²) in [5, 5.41) is 6.86. The summed E-state index contributed by atoms with van der Waals surface area (Å²) in [6, 6.07) is 6.52. The molecule has 8 heteroatoms. The van der Waals surface area contributed by atoms with Gasteiger partial charge in [0.05, 0.1) is 4.90 Å². The third-order valence-electron chi connectivity index (χ3n) is 2.67. The summed E-state index contributed by atoms with van der Waals surface area (Å²) in [5.74, 6) is 1.19. The minimum absolute atomic E-state index is 0.234. The van der Waals surface area contributed by atoms with Crippen molar-refractivity contribution in [1.29, 1.82) is 0 Å². The molecule has 0 aliphatic rings. The molecule has 0 aliphatic carbocycles. The van der Waals surface area contributed by atoms with Gasteiger partial charge in [-0.05, 0) is 38.2 Å². The van der Waals surface area contributed by atoms with E-state index < -0.39 is 10.0 Å². The van der Waals surface area contributed by atoms with Crippen LogP contribution >= 0.6 is 0 Å². The van der Waals surface area contributed by atoms with Gasteiger partial charge in [0.1, 0.15) is 0 Å². The number of sulfonamides is 1. The van der Waals surface area contributed by atoms with Gasteiger partial charge in [0.2, 0.25) is 15.9 Å². The van der Waals surface area contributed by atoms with E-state index in [-0.39, 0.29) is 4.90 Å². The van der Waals surface area contributed by atoms with Crippen LogP contribution in [-0.4, -0.2) is 32.2 Å². The van der Waals surface area contributed by atoms with Crippen molar-refractivity contribution in [1.82, 2.24) is 14.9 Å². The van der Waals surface area contributed by atoms with E-state index in [2.05, 4.69) is 20.2 Å². The van der Waals surface area contributed by atoms with Crippen molar-refractivity contribution in [3.63, 3.8) is 0 Å². The van der Waals surface area contributed by atoms with Crippen molar-refractivity contribution >= 4 is 15.7 Å². The van der Waals surface area contributed by atoms with E-state index in [1.165, 1.54) is 7.05 Å². The fourth-order valence-corrected chi connectivity index (χ4v) is 2.36. The van der Waals surface area contributed by atoms with Crippen LogP contribution in [0.15, 0.2) is 33.7 Å². The first kappa shape index (κ1) is 14.5. The Labute approximate surface area is 117 Å². The lowest BCUT2D eigenvalue weighted by atomic mass is 10.3. The number of anilines is 1. The molecule has 2 rings (SSSR count). The van der Waals surface area contributed by atoms with Crippen LogP contribution in [0.25, 0.3) is 0 Å². The normalized spacial score (nSPS) is 11.5. The van der Waals surface area contributed by atoms with Crippen molar-refractivity contribution in [2.24, 2.45) is 0 Å². The Morgan fingerprint density at radius 1 is 1.25 bits per heavy atom. The first-order chi connectivity index (χ1) is 9.51. The molecule has 0 unspecified atom stereocenters. The Hall–Kier alpha value is -1.93. The van der Waals surface area contributed by atoms with Crippen LogP contribution in [-0.2, 0) is 16.4 Å². The Balaban J connectivity index is 1.91. The minimum Gasteiger partial charge on any atom is -0.385 e. The Morgan fingerprint density at radius 3 is 2.50 bits per heavy atom. The Morgan fingerprint density at radius 2 is 1.95 bits per heavy atom. The fraction of sp³-hybridized carbons (Fsp3) is 0.333. The van der Waals surface area contributed by atoms with Crippen molar-refractivity contribution in [2.75, 3.05) is 18.9 Å². The number of rotatable bonds is 6. The maximum Gasteiger partial charge on any atom is 0.240 e. The number of nitrogens with zero attached hydrogens (tertiary/aromatic N) is 2. The summed E-state index contributed by atoms with van der Waals surface area (Å²) >= 11 is 0. The lowest BCUT2D eigenvalue weighted by molar-refractivity contribution is 0.377. The second-order valence-corrected chi connectivity index (χ2v) is 6.03. The lowest BCUT2D eigenvalue weighted by Crippen LogP contribution is -2.18. The van der Waals surface area contributed by atoms with Gasteiger partial charge in [-0.2, -0.15) is 4.98 Å². The smallest absolute Gasteiger partial charge is 0.240 e. The molecular formula is C12H16N4O3S. The molecule has 0 fully saturated rings. The molecule has 0 atom stereocenters. The average Bonchev–Trinajstić information content (AvgIpc) is 2.85. The zero-order valence-corrected chi connectivity index (χ0v) is 12.1. The minimum atomic E-state index is -3.39. The highest BCUT2D eigenvalue weighted by Gasteiger charge is 2.10. The van der Waals surface area contributed by atoms with E-state index in [1.807, 2.05) is 0 Å². The summed E-state index contributed by atoms with van der Waals surface area (Å²) in [6.07, 6.45) is 0.609. The molecule has 1 aromatic carbocycles. The number of aromatic nitrogens is 2. The van der Waals surface area contributed by atoms with Crippen molar-refractivity contribution in [3.8, 4) is 0 Å². The van der Waals surface area contributed by atoms with Crippen LogP contribution in [0.2, 0.25) is 0 Å². The number of benzene rings is 1. The van der Waals surface area contributed by atoms with Gasteiger partial charge in [0.25, 0.3) is 0 Å². The molecule has 0 bridgehead atoms.